The fourth-order valence-electron chi connectivity index (χ4n) is 2.79. The van der Waals surface area contributed by atoms with Crippen molar-refractivity contribution in [2.75, 3.05) is 0 Å². The van der Waals surface area contributed by atoms with Crippen molar-refractivity contribution in [3.63, 3.8) is 0 Å². The number of aryl methyl sites for hydroxylation is 2. The molecule has 1 aliphatic rings. The Morgan fingerprint density at radius 1 is 1.08 bits per heavy atom. The van der Waals surface area contributed by atoms with E-state index in [0.717, 1.165) is 19.3 Å². The molecule has 1 aliphatic carbocycles. The van der Waals surface area contributed by atoms with Gasteiger partial charge in [0.25, 0.3) is 11.6 Å². The van der Waals surface area contributed by atoms with Gasteiger partial charge in [-0.05, 0) is 66.6 Å². The molecule has 0 heterocycles. The number of amides is 1. The molecule has 0 unspecified atom stereocenters. The van der Waals surface area contributed by atoms with Gasteiger partial charge in [0, 0.05) is 17.7 Å². The van der Waals surface area contributed by atoms with E-state index in [-0.39, 0.29) is 11.6 Å². The second-order valence-electron chi connectivity index (χ2n) is 5.74. The molecule has 2 aromatic rings. The van der Waals surface area contributed by atoms with Crippen molar-refractivity contribution in [3.8, 4) is 0 Å². The van der Waals surface area contributed by atoms with Crippen molar-refractivity contribution < 1.29 is 9.72 Å². The average molecular weight is 323 g/mol. The fourth-order valence-corrected chi connectivity index (χ4v) is 2.79. The smallest absolute Gasteiger partial charge is 0.267 e. The number of nitrogens with one attached hydrogen (secondary N) is 1. The zero-order valence-electron chi connectivity index (χ0n) is 13.1. The molecule has 0 radical (unpaired) electrons. The van der Waals surface area contributed by atoms with Gasteiger partial charge in [-0.25, -0.2) is 5.43 Å². The second kappa shape index (κ2) is 7.04. The highest BCUT2D eigenvalue weighted by Gasteiger charge is 2.12. The number of hydrazone groups is 1. The standard InChI is InChI=1S/C18H17N3O3/c22-18(16-8-7-14-3-1-2-4-15(14)11-16)20-19-12-13-5-9-17(10-6-13)21(23)24/h5-12H,1-4H2,(H,20,22)/b19-12+. The molecule has 1 N–H and O–H groups in total. The summed E-state index contributed by atoms with van der Waals surface area (Å²) in [4.78, 5) is 22.3. The Kier molecular flexibility index (Phi) is 4.65. The van der Waals surface area contributed by atoms with Crippen LogP contribution in [0.4, 0.5) is 5.69 Å². The van der Waals surface area contributed by atoms with Gasteiger partial charge < -0.3 is 0 Å². The van der Waals surface area contributed by atoms with Gasteiger partial charge in [0.05, 0.1) is 11.1 Å². The number of fused-ring (bicyclic) bond motifs is 1. The molecule has 1 amide bonds. The van der Waals surface area contributed by atoms with E-state index >= 15 is 0 Å². The van der Waals surface area contributed by atoms with E-state index in [2.05, 4.69) is 10.5 Å². The van der Waals surface area contributed by atoms with Crippen LogP contribution >= 0.6 is 0 Å². The molecule has 3 rings (SSSR count). The number of nitro groups is 1. The lowest BCUT2D eigenvalue weighted by atomic mass is 9.90. The highest BCUT2D eigenvalue weighted by molar-refractivity contribution is 5.95. The van der Waals surface area contributed by atoms with Gasteiger partial charge in [-0.1, -0.05) is 6.07 Å². The Hall–Kier alpha value is -3.02. The van der Waals surface area contributed by atoms with Crippen LogP contribution in [0.2, 0.25) is 0 Å². The summed E-state index contributed by atoms with van der Waals surface area (Å²) in [7, 11) is 0. The molecule has 0 saturated carbocycles. The first kappa shape index (κ1) is 15.9. The number of carbonyl (C=O) groups excluding carboxylic acids is 1. The monoisotopic (exact) mass is 323 g/mol. The summed E-state index contributed by atoms with van der Waals surface area (Å²) in [5.74, 6) is -0.262. The topological polar surface area (TPSA) is 84.6 Å². The first-order valence-corrected chi connectivity index (χ1v) is 7.83. The molecule has 122 valence electrons. The molecule has 6 nitrogen and oxygen atoms in total. The molecule has 0 fully saturated rings. The number of carbonyl (C=O) groups is 1. The number of nitro benzene ring substituents is 1. The predicted molar refractivity (Wildman–Crippen MR) is 91.2 cm³/mol. The van der Waals surface area contributed by atoms with Gasteiger partial charge in [-0.15, -0.1) is 0 Å². The van der Waals surface area contributed by atoms with Crippen LogP contribution in [0.3, 0.4) is 0 Å². The number of non-ortho nitro benzene ring substituents is 1. The van der Waals surface area contributed by atoms with E-state index < -0.39 is 4.92 Å². The van der Waals surface area contributed by atoms with Crippen molar-refractivity contribution in [3.05, 3.63) is 74.8 Å². The van der Waals surface area contributed by atoms with Crippen molar-refractivity contribution >= 4 is 17.8 Å². The van der Waals surface area contributed by atoms with Crippen LogP contribution in [0, 0.1) is 10.1 Å². The van der Waals surface area contributed by atoms with E-state index in [1.165, 1.54) is 35.9 Å². The summed E-state index contributed by atoms with van der Waals surface area (Å²) in [5.41, 5.74) is 6.34. The summed E-state index contributed by atoms with van der Waals surface area (Å²) in [6, 6.07) is 11.7. The molecule has 0 bridgehead atoms. The summed E-state index contributed by atoms with van der Waals surface area (Å²) in [6.07, 6.45) is 5.92. The minimum atomic E-state index is -0.460. The molecule has 0 aliphatic heterocycles. The van der Waals surface area contributed by atoms with Crippen LogP contribution < -0.4 is 5.43 Å². The minimum Gasteiger partial charge on any atom is -0.267 e. The molecular weight excluding hydrogens is 306 g/mol. The van der Waals surface area contributed by atoms with E-state index in [1.54, 1.807) is 12.1 Å². The Morgan fingerprint density at radius 3 is 2.50 bits per heavy atom. The van der Waals surface area contributed by atoms with Crippen molar-refractivity contribution in [1.29, 1.82) is 0 Å². The molecule has 6 heteroatoms. The third kappa shape index (κ3) is 3.65. The molecule has 2 aromatic carbocycles. The van der Waals surface area contributed by atoms with E-state index in [1.807, 2.05) is 18.2 Å². The first-order valence-electron chi connectivity index (χ1n) is 7.83. The lowest BCUT2D eigenvalue weighted by molar-refractivity contribution is -0.384. The number of benzene rings is 2. The number of hydrogen-bond acceptors (Lipinski definition) is 4. The highest BCUT2D eigenvalue weighted by atomic mass is 16.6. The van der Waals surface area contributed by atoms with Gasteiger partial charge in [0.1, 0.15) is 0 Å². The Morgan fingerprint density at radius 2 is 1.79 bits per heavy atom. The average Bonchev–Trinajstić information content (AvgIpc) is 2.61. The van der Waals surface area contributed by atoms with Gasteiger partial charge in [-0.2, -0.15) is 5.10 Å². The Balaban J connectivity index is 1.63. The highest BCUT2D eigenvalue weighted by Crippen LogP contribution is 2.22. The lowest BCUT2D eigenvalue weighted by Crippen LogP contribution is -2.18. The molecule has 0 aromatic heterocycles. The molecule has 0 atom stereocenters. The zero-order chi connectivity index (χ0) is 16.9. The maximum atomic E-state index is 12.1. The van der Waals surface area contributed by atoms with E-state index in [9.17, 15) is 14.9 Å². The molecule has 0 spiro atoms. The van der Waals surface area contributed by atoms with Gasteiger partial charge in [0.2, 0.25) is 0 Å². The summed E-state index contributed by atoms with van der Waals surface area (Å²) in [6.45, 7) is 0. The first-order chi connectivity index (χ1) is 11.6. The van der Waals surface area contributed by atoms with Crippen LogP contribution in [0.15, 0.2) is 47.6 Å². The summed E-state index contributed by atoms with van der Waals surface area (Å²) in [5, 5.41) is 14.5. The van der Waals surface area contributed by atoms with E-state index in [4.69, 9.17) is 0 Å². The quantitative estimate of drug-likeness (QED) is 0.532. The van der Waals surface area contributed by atoms with Crippen molar-refractivity contribution in [2.24, 2.45) is 5.10 Å². The molecular formula is C18H17N3O3. The Labute approximate surface area is 139 Å². The normalized spacial score (nSPS) is 13.5. The number of hydrogen-bond donors (Lipinski definition) is 1. The van der Waals surface area contributed by atoms with Crippen LogP contribution in [0.1, 0.15) is 39.9 Å². The number of nitrogens with zero attached hydrogens (tertiary/aromatic N) is 2. The fraction of sp³-hybridized carbons (Fsp3) is 0.222. The van der Waals surface area contributed by atoms with Crippen LogP contribution in [0.5, 0.6) is 0 Å². The summed E-state index contributed by atoms with van der Waals surface area (Å²) >= 11 is 0. The molecule has 24 heavy (non-hydrogen) atoms. The van der Waals surface area contributed by atoms with Crippen LogP contribution in [-0.2, 0) is 12.8 Å². The van der Waals surface area contributed by atoms with Crippen LogP contribution in [0.25, 0.3) is 0 Å². The van der Waals surface area contributed by atoms with Gasteiger partial charge in [0.15, 0.2) is 0 Å². The second-order valence-corrected chi connectivity index (χ2v) is 5.74. The number of rotatable bonds is 4. The van der Waals surface area contributed by atoms with Crippen molar-refractivity contribution in [1.82, 2.24) is 5.43 Å². The maximum Gasteiger partial charge on any atom is 0.271 e. The van der Waals surface area contributed by atoms with Crippen LogP contribution in [-0.4, -0.2) is 17.0 Å². The maximum absolute atomic E-state index is 12.1. The van der Waals surface area contributed by atoms with Gasteiger partial charge in [-0.3, -0.25) is 14.9 Å². The predicted octanol–water partition coefficient (Wildman–Crippen LogP) is 3.24. The SMILES string of the molecule is O=C(N/N=C/c1ccc([N+](=O)[O-])cc1)c1ccc2c(c1)CCCC2. The summed E-state index contributed by atoms with van der Waals surface area (Å²) < 4.78 is 0. The third-order valence-electron chi connectivity index (χ3n) is 4.09. The zero-order valence-corrected chi connectivity index (χ0v) is 13.1. The minimum absolute atomic E-state index is 0.0187. The Bertz CT molecular complexity index is 798. The third-order valence-corrected chi connectivity index (χ3v) is 4.09. The van der Waals surface area contributed by atoms with E-state index in [0.29, 0.717) is 11.1 Å². The van der Waals surface area contributed by atoms with Gasteiger partial charge >= 0.3 is 0 Å². The molecule has 0 saturated heterocycles. The van der Waals surface area contributed by atoms with Crippen molar-refractivity contribution in [2.45, 2.75) is 25.7 Å². The lowest BCUT2D eigenvalue weighted by Gasteiger charge is -2.15. The largest absolute Gasteiger partial charge is 0.271 e.